The van der Waals surface area contributed by atoms with E-state index in [0.717, 1.165) is 19.0 Å². The van der Waals surface area contributed by atoms with Gasteiger partial charge in [0.2, 0.25) is 0 Å². The van der Waals surface area contributed by atoms with Crippen LogP contribution in [0.3, 0.4) is 0 Å². The maximum Gasteiger partial charge on any atom is 0.419 e. The lowest BCUT2D eigenvalue weighted by Gasteiger charge is -2.33. The van der Waals surface area contributed by atoms with Gasteiger partial charge in [-0.1, -0.05) is 0 Å². The first-order chi connectivity index (χ1) is 8.91. The highest BCUT2D eigenvalue weighted by Crippen LogP contribution is 2.33. The fourth-order valence-corrected chi connectivity index (χ4v) is 2.13. The summed E-state index contributed by atoms with van der Waals surface area (Å²) in [5.41, 5.74) is -1.85. The Morgan fingerprint density at radius 3 is 2.80 bits per heavy atom. The van der Waals surface area contributed by atoms with Crippen LogP contribution in [0.25, 0.3) is 0 Å². The average molecular weight is 312 g/mol. The Hall–Kier alpha value is -1.05. The van der Waals surface area contributed by atoms with E-state index < -0.39 is 17.3 Å². The number of anilines is 1. The van der Waals surface area contributed by atoms with E-state index in [1.54, 1.807) is 0 Å². The maximum absolute atomic E-state index is 12.8. The number of pyridine rings is 1. The number of aliphatic hydroxyl groups is 1. The zero-order chi connectivity index (χ0) is 13.9. The first-order valence-corrected chi connectivity index (χ1v) is 6.10. The van der Waals surface area contributed by atoms with E-state index in [4.69, 9.17) is 0 Å². The molecule has 0 bridgehead atoms. The van der Waals surface area contributed by atoms with Crippen LogP contribution in [0, 0.1) is 0 Å². The van der Waals surface area contributed by atoms with Gasteiger partial charge in [0.1, 0.15) is 5.82 Å². The van der Waals surface area contributed by atoms with Crippen LogP contribution in [0.5, 0.6) is 0 Å². The zero-order valence-electron chi connectivity index (χ0n) is 10.7. The number of rotatable bonds is 3. The van der Waals surface area contributed by atoms with Crippen molar-refractivity contribution in [2.75, 3.05) is 25.0 Å². The minimum atomic E-state index is -4.45. The van der Waals surface area contributed by atoms with Crippen LogP contribution in [0.15, 0.2) is 18.3 Å². The predicted molar refractivity (Wildman–Crippen MR) is 72.0 cm³/mol. The molecule has 0 amide bonds. The van der Waals surface area contributed by atoms with Crippen molar-refractivity contribution in [1.82, 2.24) is 10.3 Å². The van der Waals surface area contributed by atoms with Crippen molar-refractivity contribution in [1.29, 1.82) is 0 Å². The Morgan fingerprint density at radius 1 is 1.45 bits per heavy atom. The number of β-amino-alcohol motifs (C(OH)–C–C–N with tert-alkyl or cyclic N) is 1. The van der Waals surface area contributed by atoms with Gasteiger partial charge in [-0.2, -0.15) is 13.2 Å². The van der Waals surface area contributed by atoms with E-state index in [0.29, 0.717) is 13.0 Å². The summed E-state index contributed by atoms with van der Waals surface area (Å²) in [6.45, 7) is 1.23. The molecule has 114 valence electrons. The van der Waals surface area contributed by atoms with Crippen LogP contribution in [0.1, 0.15) is 18.4 Å². The molecule has 2 rings (SSSR count). The molecule has 2 heterocycles. The number of halogens is 4. The third kappa shape index (κ3) is 4.22. The monoisotopic (exact) mass is 311 g/mol. The molecule has 1 atom stereocenters. The molecule has 0 aromatic carbocycles. The molecule has 1 unspecified atom stereocenters. The molecule has 0 saturated carbocycles. The van der Waals surface area contributed by atoms with Gasteiger partial charge in [0.15, 0.2) is 0 Å². The standard InChI is InChI=1S/C12H16F3N3O.ClH/c13-12(14,15)9-3-1-6-17-10(9)18-8-11(19)4-2-5-16-7-11;/h1,3,6,16,19H,2,4-5,7-8H2,(H,17,18);1H. The van der Waals surface area contributed by atoms with E-state index >= 15 is 0 Å². The molecule has 1 fully saturated rings. The van der Waals surface area contributed by atoms with Crippen LogP contribution < -0.4 is 10.6 Å². The van der Waals surface area contributed by atoms with E-state index in [1.165, 1.54) is 12.3 Å². The first kappa shape index (κ1) is 17.0. The van der Waals surface area contributed by atoms with Crippen molar-refractivity contribution in [3.8, 4) is 0 Å². The molecule has 1 aromatic heterocycles. The smallest absolute Gasteiger partial charge is 0.387 e. The second-order valence-corrected chi connectivity index (χ2v) is 4.76. The van der Waals surface area contributed by atoms with E-state index in [1.807, 2.05) is 0 Å². The lowest BCUT2D eigenvalue weighted by atomic mass is 9.94. The number of hydrogen-bond donors (Lipinski definition) is 3. The molecule has 0 spiro atoms. The Bertz CT molecular complexity index is 436. The van der Waals surface area contributed by atoms with Crippen molar-refractivity contribution in [3.05, 3.63) is 23.9 Å². The van der Waals surface area contributed by atoms with Crippen LogP contribution >= 0.6 is 12.4 Å². The molecular formula is C12H17ClF3N3O. The van der Waals surface area contributed by atoms with Crippen molar-refractivity contribution in [3.63, 3.8) is 0 Å². The van der Waals surface area contributed by atoms with Gasteiger partial charge in [-0.3, -0.25) is 0 Å². The summed E-state index contributed by atoms with van der Waals surface area (Å²) in [5.74, 6) is -0.242. The minimum Gasteiger partial charge on any atom is -0.387 e. The van der Waals surface area contributed by atoms with E-state index in [9.17, 15) is 18.3 Å². The summed E-state index contributed by atoms with van der Waals surface area (Å²) in [6, 6.07) is 2.21. The molecule has 1 aliphatic rings. The van der Waals surface area contributed by atoms with Crippen LogP contribution in [-0.2, 0) is 6.18 Å². The van der Waals surface area contributed by atoms with Gasteiger partial charge in [-0.25, -0.2) is 4.98 Å². The van der Waals surface area contributed by atoms with Crippen molar-refractivity contribution < 1.29 is 18.3 Å². The molecule has 8 heteroatoms. The third-order valence-corrected chi connectivity index (χ3v) is 3.15. The second-order valence-electron chi connectivity index (χ2n) is 4.76. The number of nitrogens with one attached hydrogen (secondary N) is 2. The molecule has 0 radical (unpaired) electrons. The highest BCUT2D eigenvalue weighted by Gasteiger charge is 2.35. The van der Waals surface area contributed by atoms with Crippen molar-refractivity contribution >= 4 is 18.2 Å². The molecule has 1 aliphatic heterocycles. The number of piperidine rings is 1. The largest absolute Gasteiger partial charge is 0.419 e. The minimum absolute atomic E-state index is 0. The SMILES string of the molecule is Cl.OC1(CNc2ncccc2C(F)(F)F)CCCNC1. The quantitative estimate of drug-likeness (QED) is 0.800. The zero-order valence-corrected chi connectivity index (χ0v) is 11.5. The summed E-state index contributed by atoms with van der Waals surface area (Å²) in [6.07, 6.45) is -1.81. The van der Waals surface area contributed by atoms with Gasteiger partial charge in [0, 0.05) is 19.3 Å². The molecule has 1 saturated heterocycles. The second kappa shape index (κ2) is 6.60. The summed E-state index contributed by atoms with van der Waals surface area (Å²) >= 11 is 0. The van der Waals surface area contributed by atoms with Gasteiger partial charge >= 0.3 is 6.18 Å². The Balaban J connectivity index is 0.00000200. The first-order valence-electron chi connectivity index (χ1n) is 6.10. The van der Waals surface area contributed by atoms with Gasteiger partial charge in [0.25, 0.3) is 0 Å². The molecule has 1 aromatic rings. The van der Waals surface area contributed by atoms with Gasteiger partial charge in [0.05, 0.1) is 11.2 Å². The fourth-order valence-electron chi connectivity index (χ4n) is 2.13. The average Bonchev–Trinajstić information content (AvgIpc) is 2.37. The topological polar surface area (TPSA) is 57.2 Å². The molecular weight excluding hydrogens is 295 g/mol. The highest BCUT2D eigenvalue weighted by molar-refractivity contribution is 5.85. The summed E-state index contributed by atoms with van der Waals surface area (Å²) < 4.78 is 38.3. The molecule has 0 aliphatic carbocycles. The predicted octanol–water partition coefficient (Wildman–Crippen LogP) is 2.05. The van der Waals surface area contributed by atoms with Crippen molar-refractivity contribution in [2.45, 2.75) is 24.6 Å². The lowest BCUT2D eigenvalue weighted by Crippen LogP contribution is -2.50. The van der Waals surface area contributed by atoms with Crippen LogP contribution in [0.2, 0.25) is 0 Å². The summed E-state index contributed by atoms with van der Waals surface area (Å²) in [5, 5.41) is 15.8. The number of nitrogens with zero attached hydrogens (tertiary/aromatic N) is 1. The third-order valence-electron chi connectivity index (χ3n) is 3.15. The van der Waals surface area contributed by atoms with Crippen molar-refractivity contribution in [2.24, 2.45) is 0 Å². The van der Waals surface area contributed by atoms with Gasteiger partial charge in [-0.15, -0.1) is 12.4 Å². The number of aromatic nitrogens is 1. The summed E-state index contributed by atoms with van der Waals surface area (Å²) in [7, 11) is 0. The van der Waals surface area contributed by atoms with Gasteiger partial charge in [-0.05, 0) is 31.5 Å². The Labute approximate surface area is 121 Å². The molecule has 3 N–H and O–H groups in total. The Kier molecular flexibility index (Phi) is 5.61. The van der Waals surface area contributed by atoms with E-state index in [2.05, 4.69) is 15.6 Å². The molecule has 4 nitrogen and oxygen atoms in total. The number of hydrogen-bond acceptors (Lipinski definition) is 4. The summed E-state index contributed by atoms with van der Waals surface area (Å²) in [4.78, 5) is 3.70. The number of alkyl halides is 3. The van der Waals surface area contributed by atoms with Crippen LogP contribution in [0.4, 0.5) is 19.0 Å². The molecule has 20 heavy (non-hydrogen) atoms. The Morgan fingerprint density at radius 2 is 2.20 bits per heavy atom. The highest BCUT2D eigenvalue weighted by atomic mass is 35.5. The van der Waals surface area contributed by atoms with E-state index in [-0.39, 0.29) is 24.8 Å². The normalized spacial score (nSPS) is 23.0. The maximum atomic E-state index is 12.8. The lowest BCUT2D eigenvalue weighted by molar-refractivity contribution is -0.137. The van der Waals surface area contributed by atoms with Gasteiger partial charge < -0.3 is 15.7 Å². The van der Waals surface area contributed by atoms with Crippen LogP contribution in [-0.4, -0.2) is 35.3 Å². The fraction of sp³-hybridized carbons (Fsp3) is 0.583.